The summed E-state index contributed by atoms with van der Waals surface area (Å²) in [6.07, 6.45) is 1.64. The second-order valence-corrected chi connectivity index (χ2v) is 6.57. The number of hydrogen-bond acceptors (Lipinski definition) is 2. The molecule has 0 aliphatic heterocycles. The molecule has 2 rings (SSSR count). The highest BCUT2D eigenvalue weighted by Gasteiger charge is 2.10. The lowest BCUT2D eigenvalue weighted by Gasteiger charge is -2.15. The van der Waals surface area contributed by atoms with Crippen molar-refractivity contribution in [3.63, 3.8) is 0 Å². The summed E-state index contributed by atoms with van der Waals surface area (Å²) in [4.78, 5) is 0. The topological polar surface area (TPSA) is 35.2 Å². The summed E-state index contributed by atoms with van der Waals surface area (Å²) in [5.74, 6) is 0.990. The maximum absolute atomic E-state index is 13.3. The predicted molar refractivity (Wildman–Crippen MR) is 90.3 cm³/mol. The van der Waals surface area contributed by atoms with E-state index >= 15 is 0 Å². The lowest BCUT2D eigenvalue weighted by Crippen LogP contribution is -2.21. The predicted octanol–water partition coefficient (Wildman–Crippen LogP) is 5.42. The van der Waals surface area contributed by atoms with Gasteiger partial charge in [0.25, 0.3) is 0 Å². The van der Waals surface area contributed by atoms with Crippen LogP contribution in [0.2, 0.25) is 0 Å². The molecule has 112 valence electrons. The normalized spacial score (nSPS) is 12.2. The fourth-order valence-electron chi connectivity index (χ4n) is 1.89. The minimum Gasteiger partial charge on any atom is -0.457 e. The van der Waals surface area contributed by atoms with Gasteiger partial charge in [0.05, 0.1) is 4.47 Å². The third-order valence-electron chi connectivity index (χ3n) is 3.15. The average molecular weight is 417 g/mol. The molecule has 0 aliphatic rings. The van der Waals surface area contributed by atoms with E-state index in [-0.39, 0.29) is 11.9 Å². The van der Waals surface area contributed by atoms with Crippen molar-refractivity contribution in [3.05, 3.63) is 56.7 Å². The number of rotatable bonds is 5. The molecule has 2 aromatic carbocycles. The van der Waals surface area contributed by atoms with Crippen molar-refractivity contribution < 1.29 is 9.13 Å². The third kappa shape index (κ3) is 4.53. The van der Waals surface area contributed by atoms with Gasteiger partial charge in [0.2, 0.25) is 0 Å². The van der Waals surface area contributed by atoms with Crippen molar-refractivity contribution in [3.8, 4) is 11.5 Å². The molecule has 0 saturated carbocycles. The summed E-state index contributed by atoms with van der Waals surface area (Å²) in [6.45, 7) is 2.06. The Hall–Kier alpha value is -0.910. The first kappa shape index (κ1) is 16.5. The van der Waals surface area contributed by atoms with Crippen LogP contribution < -0.4 is 10.5 Å². The minimum absolute atomic E-state index is 0.0912. The Balaban J connectivity index is 2.28. The number of hydrogen-bond donors (Lipinski definition) is 1. The van der Waals surface area contributed by atoms with E-state index in [2.05, 4.69) is 38.8 Å². The van der Waals surface area contributed by atoms with Gasteiger partial charge in [-0.2, -0.15) is 0 Å². The second-order valence-electron chi connectivity index (χ2n) is 4.80. The van der Waals surface area contributed by atoms with Crippen LogP contribution in [0.25, 0.3) is 0 Å². The van der Waals surface area contributed by atoms with Gasteiger partial charge in [0.15, 0.2) is 0 Å². The maximum Gasteiger partial charge on any atom is 0.137 e. The Bertz CT molecular complexity index is 634. The summed E-state index contributed by atoms with van der Waals surface area (Å²) in [7, 11) is 0. The number of ether oxygens (including phenoxy) is 1. The molecular weight excluding hydrogens is 401 g/mol. The molecule has 5 heteroatoms. The van der Waals surface area contributed by atoms with Crippen molar-refractivity contribution >= 4 is 31.9 Å². The van der Waals surface area contributed by atoms with Gasteiger partial charge in [-0.05, 0) is 64.7 Å². The Morgan fingerprint density at radius 3 is 2.62 bits per heavy atom. The average Bonchev–Trinajstić information content (AvgIpc) is 2.45. The Morgan fingerprint density at radius 1 is 1.19 bits per heavy atom. The van der Waals surface area contributed by atoms with Crippen LogP contribution in [0.15, 0.2) is 45.3 Å². The summed E-state index contributed by atoms with van der Waals surface area (Å²) >= 11 is 6.60. The third-order valence-corrected chi connectivity index (χ3v) is 4.26. The lowest BCUT2D eigenvalue weighted by atomic mass is 10.0. The van der Waals surface area contributed by atoms with E-state index in [0.717, 1.165) is 28.6 Å². The van der Waals surface area contributed by atoms with Gasteiger partial charge in [-0.3, -0.25) is 0 Å². The highest BCUT2D eigenvalue weighted by molar-refractivity contribution is 9.10. The highest BCUT2D eigenvalue weighted by atomic mass is 79.9. The molecule has 1 atom stereocenters. The van der Waals surface area contributed by atoms with Crippen molar-refractivity contribution in [1.82, 2.24) is 0 Å². The van der Waals surface area contributed by atoms with Gasteiger partial charge in [0.1, 0.15) is 17.3 Å². The SMILES string of the molecule is CCC(N)Cc1ccc(Br)cc1Oc1ccc(F)c(Br)c1. The molecule has 0 spiro atoms. The molecule has 0 fully saturated rings. The van der Waals surface area contributed by atoms with Crippen LogP contribution in [-0.2, 0) is 6.42 Å². The largest absolute Gasteiger partial charge is 0.457 e. The molecule has 2 N–H and O–H groups in total. The molecule has 0 saturated heterocycles. The summed E-state index contributed by atoms with van der Waals surface area (Å²) < 4.78 is 20.5. The molecule has 21 heavy (non-hydrogen) atoms. The van der Waals surface area contributed by atoms with Crippen molar-refractivity contribution in [2.45, 2.75) is 25.8 Å². The smallest absolute Gasteiger partial charge is 0.137 e. The summed E-state index contributed by atoms with van der Waals surface area (Å²) in [5, 5.41) is 0. The zero-order valence-electron chi connectivity index (χ0n) is 11.6. The Labute approximate surface area is 140 Å². The van der Waals surface area contributed by atoms with Crippen LogP contribution in [0.1, 0.15) is 18.9 Å². The molecule has 1 unspecified atom stereocenters. The van der Waals surface area contributed by atoms with E-state index < -0.39 is 0 Å². The zero-order chi connectivity index (χ0) is 15.4. The Kier molecular flexibility index (Phi) is 5.79. The summed E-state index contributed by atoms with van der Waals surface area (Å²) in [5.41, 5.74) is 7.06. The minimum atomic E-state index is -0.315. The fraction of sp³-hybridized carbons (Fsp3) is 0.250. The van der Waals surface area contributed by atoms with Crippen molar-refractivity contribution in [1.29, 1.82) is 0 Å². The van der Waals surface area contributed by atoms with E-state index in [1.54, 1.807) is 12.1 Å². The van der Waals surface area contributed by atoms with E-state index in [1.165, 1.54) is 6.07 Å². The molecule has 2 aromatic rings. The van der Waals surface area contributed by atoms with E-state index in [4.69, 9.17) is 10.5 Å². The van der Waals surface area contributed by atoms with Crippen LogP contribution in [-0.4, -0.2) is 6.04 Å². The van der Waals surface area contributed by atoms with Gasteiger partial charge >= 0.3 is 0 Å². The van der Waals surface area contributed by atoms with Crippen LogP contribution in [0, 0.1) is 5.82 Å². The van der Waals surface area contributed by atoms with Gasteiger partial charge in [-0.25, -0.2) is 4.39 Å². The van der Waals surface area contributed by atoms with E-state index in [1.807, 2.05) is 18.2 Å². The number of nitrogens with two attached hydrogens (primary N) is 1. The Morgan fingerprint density at radius 2 is 1.95 bits per heavy atom. The standard InChI is InChI=1S/C16H16Br2FNO/c1-2-12(20)7-10-3-4-11(17)8-16(10)21-13-5-6-15(19)14(18)9-13/h3-6,8-9,12H,2,7,20H2,1H3. The quantitative estimate of drug-likeness (QED) is 0.705. The van der Waals surface area contributed by atoms with Crippen LogP contribution >= 0.6 is 31.9 Å². The first-order chi connectivity index (χ1) is 9.99. The molecular formula is C16H16Br2FNO. The molecule has 0 aromatic heterocycles. The first-order valence-corrected chi connectivity index (χ1v) is 8.25. The van der Waals surface area contributed by atoms with Gasteiger partial charge < -0.3 is 10.5 Å². The van der Waals surface area contributed by atoms with Crippen LogP contribution in [0.4, 0.5) is 4.39 Å². The highest BCUT2D eigenvalue weighted by Crippen LogP contribution is 2.31. The molecule has 0 radical (unpaired) electrons. The molecule has 0 aliphatic carbocycles. The lowest BCUT2D eigenvalue weighted by molar-refractivity contribution is 0.469. The van der Waals surface area contributed by atoms with Gasteiger partial charge in [-0.1, -0.05) is 28.9 Å². The fourth-order valence-corrected chi connectivity index (χ4v) is 2.58. The van der Waals surface area contributed by atoms with Gasteiger partial charge in [-0.15, -0.1) is 0 Å². The van der Waals surface area contributed by atoms with E-state index in [9.17, 15) is 4.39 Å². The number of benzene rings is 2. The first-order valence-electron chi connectivity index (χ1n) is 6.66. The second kappa shape index (κ2) is 7.38. The van der Waals surface area contributed by atoms with Crippen LogP contribution in [0.3, 0.4) is 0 Å². The van der Waals surface area contributed by atoms with Crippen LogP contribution in [0.5, 0.6) is 11.5 Å². The zero-order valence-corrected chi connectivity index (χ0v) is 14.7. The maximum atomic E-state index is 13.3. The van der Waals surface area contributed by atoms with Gasteiger partial charge in [0, 0.05) is 10.5 Å². The number of halogens is 3. The van der Waals surface area contributed by atoms with Crippen molar-refractivity contribution in [2.75, 3.05) is 0 Å². The molecule has 0 bridgehead atoms. The van der Waals surface area contributed by atoms with E-state index in [0.29, 0.717) is 10.2 Å². The van der Waals surface area contributed by atoms with Crippen molar-refractivity contribution in [2.24, 2.45) is 5.73 Å². The summed E-state index contributed by atoms with van der Waals surface area (Å²) in [6, 6.07) is 10.5. The molecule has 2 nitrogen and oxygen atoms in total. The monoisotopic (exact) mass is 415 g/mol. The molecule has 0 heterocycles. The molecule has 0 amide bonds.